The van der Waals surface area contributed by atoms with Crippen molar-refractivity contribution in [3.63, 3.8) is 0 Å². The van der Waals surface area contributed by atoms with E-state index < -0.39 is 9.84 Å². The molecule has 0 bridgehead atoms. The highest BCUT2D eigenvalue weighted by Gasteiger charge is 2.41. The van der Waals surface area contributed by atoms with Crippen LogP contribution in [-0.4, -0.2) is 45.7 Å². The molecule has 2 atom stereocenters. The van der Waals surface area contributed by atoms with Crippen LogP contribution in [0.15, 0.2) is 0 Å². The van der Waals surface area contributed by atoms with Gasteiger partial charge in [-0.3, -0.25) is 0 Å². The fourth-order valence-corrected chi connectivity index (χ4v) is 3.46. The normalized spacial score (nSPS) is 32.9. The van der Waals surface area contributed by atoms with E-state index in [0.29, 0.717) is 11.8 Å². The van der Waals surface area contributed by atoms with E-state index in [1.54, 1.807) is 0 Å². The molecule has 106 valence electrons. The molecule has 0 aromatic rings. The first-order valence-corrected chi connectivity index (χ1v) is 9.00. The van der Waals surface area contributed by atoms with Crippen molar-refractivity contribution in [2.45, 2.75) is 51.2 Å². The number of hydrogen-bond acceptors (Lipinski definition) is 4. The molecule has 1 saturated heterocycles. The van der Waals surface area contributed by atoms with Crippen LogP contribution in [0.3, 0.4) is 0 Å². The third-order valence-corrected chi connectivity index (χ3v) is 5.37. The van der Waals surface area contributed by atoms with Crippen LogP contribution < -0.4 is 5.32 Å². The van der Waals surface area contributed by atoms with E-state index in [4.69, 9.17) is 4.74 Å². The van der Waals surface area contributed by atoms with Gasteiger partial charge in [-0.2, -0.15) is 0 Å². The molecule has 18 heavy (non-hydrogen) atoms. The zero-order chi connectivity index (χ0) is 13.2. The summed E-state index contributed by atoms with van der Waals surface area (Å²) in [5, 5.41) is 3.59. The molecule has 2 fully saturated rings. The second kappa shape index (κ2) is 5.47. The topological polar surface area (TPSA) is 55.4 Å². The Hall–Kier alpha value is -0.130. The maximum atomic E-state index is 11.2. The second-order valence-electron chi connectivity index (χ2n) is 6.01. The zero-order valence-electron chi connectivity index (χ0n) is 11.4. The first kappa shape index (κ1) is 14.3. The average Bonchev–Trinajstić information content (AvgIpc) is 3.01. The molecule has 0 amide bonds. The van der Waals surface area contributed by atoms with E-state index >= 15 is 0 Å². The maximum absolute atomic E-state index is 11.2. The van der Waals surface area contributed by atoms with Crippen LogP contribution >= 0.6 is 0 Å². The third kappa shape index (κ3) is 3.93. The lowest BCUT2D eigenvalue weighted by Gasteiger charge is -2.32. The van der Waals surface area contributed by atoms with Crippen LogP contribution in [0, 0.1) is 5.41 Å². The molecule has 0 aromatic heterocycles. The number of nitrogens with one attached hydrogen (secondary N) is 1. The van der Waals surface area contributed by atoms with Crippen LogP contribution in [0.2, 0.25) is 0 Å². The predicted octanol–water partition coefficient (Wildman–Crippen LogP) is 1.36. The summed E-state index contributed by atoms with van der Waals surface area (Å²) >= 11 is 0. The lowest BCUT2D eigenvalue weighted by Crippen LogP contribution is -2.40. The molecule has 2 unspecified atom stereocenters. The largest absolute Gasteiger partial charge is 0.378 e. The first-order chi connectivity index (χ1) is 8.41. The molecule has 1 aliphatic heterocycles. The van der Waals surface area contributed by atoms with E-state index in [0.717, 1.165) is 32.4 Å². The Bertz CT molecular complexity index is 378. The molecule has 5 heteroatoms. The fourth-order valence-electron chi connectivity index (χ4n) is 2.79. The average molecular weight is 275 g/mol. The standard InChI is InChI=1S/C13H25NO3S/c1-11-13(7-8-17-11,10-14-12-4-5-12)6-3-9-18(2,15)16/h11-12,14H,3-10H2,1-2H3. The van der Waals surface area contributed by atoms with Crippen LogP contribution in [0.25, 0.3) is 0 Å². The minimum Gasteiger partial charge on any atom is -0.378 e. The van der Waals surface area contributed by atoms with E-state index in [-0.39, 0.29) is 11.5 Å². The van der Waals surface area contributed by atoms with Gasteiger partial charge in [0.25, 0.3) is 0 Å². The highest BCUT2D eigenvalue weighted by molar-refractivity contribution is 7.90. The monoisotopic (exact) mass is 275 g/mol. The summed E-state index contributed by atoms with van der Waals surface area (Å²) in [6, 6.07) is 0.699. The minimum absolute atomic E-state index is 0.146. The highest BCUT2D eigenvalue weighted by atomic mass is 32.2. The van der Waals surface area contributed by atoms with Gasteiger partial charge < -0.3 is 10.1 Å². The van der Waals surface area contributed by atoms with Gasteiger partial charge in [-0.1, -0.05) is 0 Å². The van der Waals surface area contributed by atoms with Crippen LogP contribution in [0.5, 0.6) is 0 Å². The number of sulfone groups is 1. The summed E-state index contributed by atoms with van der Waals surface area (Å²) in [6.07, 6.45) is 6.88. The molecule has 0 radical (unpaired) electrons. The highest BCUT2D eigenvalue weighted by Crippen LogP contribution is 2.39. The van der Waals surface area contributed by atoms with Gasteiger partial charge in [0.15, 0.2) is 0 Å². The Morgan fingerprint density at radius 2 is 2.11 bits per heavy atom. The summed E-state index contributed by atoms with van der Waals surface area (Å²) in [6.45, 7) is 3.91. The fraction of sp³-hybridized carbons (Fsp3) is 1.00. The van der Waals surface area contributed by atoms with Crippen molar-refractivity contribution >= 4 is 9.84 Å². The van der Waals surface area contributed by atoms with Crippen molar-refractivity contribution in [3.05, 3.63) is 0 Å². The predicted molar refractivity (Wildman–Crippen MR) is 72.4 cm³/mol. The molecule has 2 aliphatic rings. The SMILES string of the molecule is CC1OCCC1(CCCS(C)(=O)=O)CNC1CC1. The quantitative estimate of drug-likeness (QED) is 0.762. The Labute approximate surface area is 110 Å². The lowest BCUT2D eigenvalue weighted by molar-refractivity contribution is 0.0579. The molecular weight excluding hydrogens is 250 g/mol. The smallest absolute Gasteiger partial charge is 0.147 e. The van der Waals surface area contributed by atoms with E-state index in [1.165, 1.54) is 19.1 Å². The molecule has 1 N–H and O–H groups in total. The van der Waals surface area contributed by atoms with E-state index in [9.17, 15) is 8.42 Å². The molecule has 1 aliphatic carbocycles. The minimum atomic E-state index is -2.84. The van der Waals surface area contributed by atoms with Gasteiger partial charge in [-0.05, 0) is 39.0 Å². The van der Waals surface area contributed by atoms with Gasteiger partial charge >= 0.3 is 0 Å². The van der Waals surface area contributed by atoms with Crippen LogP contribution in [0.1, 0.15) is 39.0 Å². The van der Waals surface area contributed by atoms with E-state index in [2.05, 4.69) is 12.2 Å². The van der Waals surface area contributed by atoms with Gasteiger partial charge in [0.1, 0.15) is 9.84 Å². The van der Waals surface area contributed by atoms with Gasteiger partial charge in [-0.25, -0.2) is 8.42 Å². The van der Waals surface area contributed by atoms with Crippen molar-refractivity contribution in [1.29, 1.82) is 0 Å². The summed E-state index contributed by atoms with van der Waals surface area (Å²) in [7, 11) is -2.84. The summed E-state index contributed by atoms with van der Waals surface area (Å²) in [4.78, 5) is 0. The van der Waals surface area contributed by atoms with Crippen molar-refractivity contribution in [3.8, 4) is 0 Å². The van der Waals surface area contributed by atoms with Gasteiger partial charge in [0, 0.05) is 36.6 Å². The first-order valence-electron chi connectivity index (χ1n) is 6.94. The van der Waals surface area contributed by atoms with Crippen molar-refractivity contribution in [2.75, 3.05) is 25.2 Å². The summed E-state index contributed by atoms with van der Waals surface area (Å²) in [5.74, 6) is 0.297. The van der Waals surface area contributed by atoms with Crippen molar-refractivity contribution in [1.82, 2.24) is 5.32 Å². The number of hydrogen-bond donors (Lipinski definition) is 1. The van der Waals surface area contributed by atoms with Gasteiger partial charge in [-0.15, -0.1) is 0 Å². The van der Waals surface area contributed by atoms with E-state index in [1.807, 2.05) is 0 Å². The third-order valence-electron chi connectivity index (χ3n) is 4.34. The summed E-state index contributed by atoms with van der Waals surface area (Å²) < 4.78 is 28.2. The Kier molecular flexibility index (Phi) is 4.34. The Morgan fingerprint density at radius 1 is 1.39 bits per heavy atom. The molecule has 0 aromatic carbocycles. The number of ether oxygens (including phenoxy) is 1. The lowest BCUT2D eigenvalue weighted by atomic mass is 9.77. The second-order valence-corrected chi connectivity index (χ2v) is 8.27. The summed E-state index contributed by atoms with van der Waals surface area (Å²) in [5.41, 5.74) is 0.146. The Balaban J connectivity index is 1.87. The zero-order valence-corrected chi connectivity index (χ0v) is 12.3. The van der Waals surface area contributed by atoms with Crippen molar-refractivity contribution in [2.24, 2.45) is 5.41 Å². The molecule has 0 spiro atoms. The Morgan fingerprint density at radius 3 is 2.61 bits per heavy atom. The maximum Gasteiger partial charge on any atom is 0.147 e. The van der Waals surface area contributed by atoms with Gasteiger partial charge in [0.2, 0.25) is 0 Å². The molecule has 1 heterocycles. The molecular formula is C13H25NO3S. The molecule has 2 rings (SSSR count). The molecule has 4 nitrogen and oxygen atoms in total. The van der Waals surface area contributed by atoms with Crippen molar-refractivity contribution < 1.29 is 13.2 Å². The van der Waals surface area contributed by atoms with Crippen LogP contribution in [-0.2, 0) is 14.6 Å². The molecule has 1 saturated carbocycles. The van der Waals surface area contributed by atoms with Crippen LogP contribution in [0.4, 0.5) is 0 Å². The number of rotatable bonds is 7. The van der Waals surface area contributed by atoms with Gasteiger partial charge in [0.05, 0.1) is 6.10 Å².